The summed E-state index contributed by atoms with van der Waals surface area (Å²) in [7, 11) is -2.65. The van der Waals surface area contributed by atoms with E-state index in [-0.39, 0.29) is 46.9 Å². The van der Waals surface area contributed by atoms with E-state index in [1.807, 2.05) is 6.07 Å². The topological polar surface area (TPSA) is 77.8 Å². The Kier molecular flexibility index (Phi) is 5.07. The summed E-state index contributed by atoms with van der Waals surface area (Å²) >= 11 is 0. The summed E-state index contributed by atoms with van der Waals surface area (Å²) in [6, 6.07) is 8.70. The summed E-state index contributed by atoms with van der Waals surface area (Å²) in [5, 5.41) is 0. The van der Waals surface area contributed by atoms with Gasteiger partial charge in [-0.15, -0.1) is 0 Å². The molecule has 1 aromatic carbocycles. The van der Waals surface area contributed by atoms with Gasteiger partial charge in [0, 0.05) is 43.4 Å². The Labute approximate surface area is 166 Å². The molecule has 2 atom stereocenters. The van der Waals surface area contributed by atoms with Gasteiger partial charge in [-0.25, -0.2) is 8.42 Å². The van der Waals surface area contributed by atoms with Gasteiger partial charge in [-0.05, 0) is 30.5 Å². The zero-order valence-corrected chi connectivity index (χ0v) is 16.4. The van der Waals surface area contributed by atoms with Crippen LogP contribution in [-0.4, -0.2) is 44.1 Å². The molecule has 156 valence electrons. The summed E-state index contributed by atoms with van der Waals surface area (Å²) in [6.07, 6.45) is 0.803. The van der Waals surface area contributed by atoms with Crippen LogP contribution in [0.15, 0.2) is 46.1 Å². The van der Waals surface area contributed by atoms with E-state index in [4.69, 9.17) is 4.74 Å². The number of alkyl halides is 2. The van der Waals surface area contributed by atoms with Crippen molar-refractivity contribution in [2.75, 3.05) is 20.2 Å². The van der Waals surface area contributed by atoms with E-state index in [0.717, 1.165) is 18.2 Å². The molecule has 0 saturated carbocycles. The largest absolute Gasteiger partial charge is 0.493 e. The molecule has 1 aromatic heterocycles. The lowest BCUT2D eigenvalue weighted by atomic mass is 9.84. The summed E-state index contributed by atoms with van der Waals surface area (Å²) in [5.74, 6) is -0.405. The normalized spacial score (nSPS) is 21.7. The monoisotopic (exact) mass is 426 g/mol. The molecule has 10 heteroatoms. The molecule has 0 aliphatic carbocycles. The molecule has 0 amide bonds. The Hall–Kier alpha value is -2.46. The number of methoxy groups -OCH3 is 1. The fourth-order valence-electron chi connectivity index (χ4n) is 4.20. The number of aromatic nitrogens is 1. The molecule has 7 nitrogen and oxygen atoms in total. The lowest BCUT2D eigenvalue weighted by molar-refractivity contribution is -0.0513. The van der Waals surface area contributed by atoms with Crippen molar-refractivity contribution in [1.82, 2.24) is 8.87 Å². The first-order valence-corrected chi connectivity index (χ1v) is 10.6. The van der Waals surface area contributed by atoms with Gasteiger partial charge >= 0.3 is 6.61 Å². The highest BCUT2D eigenvalue weighted by Crippen LogP contribution is 2.38. The number of hydrogen-bond acceptors (Lipinski definition) is 5. The highest BCUT2D eigenvalue weighted by molar-refractivity contribution is 7.89. The van der Waals surface area contributed by atoms with Crippen LogP contribution < -0.4 is 15.0 Å². The second-order valence-corrected chi connectivity index (χ2v) is 9.15. The second-order valence-electron chi connectivity index (χ2n) is 7.21. The number of fused-ring (bicyclic) bond motifs is 4. The Balaban J connectivity index is 1.66. The SMILES string of the molecule is COc1ccc(S(=O)(=O)N2CC3CC(C2)c2cccc(=O)n2C3)cc1OC(F)F. The van der Waals surface area contributed by atoms with E-state index in [0.29, 0.717) is 6.54 Å². The van der Waals surface area contributed by atoms with Crippen molar-refractivity contribution in [3.8, 4) is 11.5 Å². The minimum absolute atomic E-state index is 0.00570. The van der Waals surface area contributed by atoms with Crippen molar-refractivity contribution in [2.24, 2.45) is 5.92 Å². The van der Waals surface area contributed by atoms with Crippen LogP contribution in [0.2, 0.25) is 0 Å². The predicted molar refractivity (Wildman–Crippen MR) is 99.9 cm³/mol. The molecule has 2 aliphatic heterocycles. The predicted octanol–water partition coefficient (Wildman–Crippen LogP) is 2.27. The number of hydrogen-bond donors (Lipinski definition) is 0. The first-order chi connectivity index (χ1) is 13.8. The highest BCUT2D eigenvalue weighted by Gasteiger charge is 2.39. The Morgan fingerprint density at radius 1 is 1.10 bits per heavy atom. The number of sulfonamides is 1. The smallest absolute Gasteiger partial charge is 0.387 e. The highest BCUT2D eigenvalue weighted by atomic mass is 32.2. The Morgan fingerprint density at radius 2 is 1.90 bits per heavy atom. The quantitative estimate of drug-likeness (QED) is 0.733. The summed E-state index contributed by atoms with van der Waals surface area (Å²) < 4.78 is 64.2. The average molecular weight is 426 g/mol. The maximum atomic E-state index is 13.2. The van der Waals surface area contributed by atoms with Gasteiger partial charge in [0.05, 0.1) is 12.0 Å². The van der Waals surface area contributed by atoms with E-state index in [9.17, 15) is 22.0 Å². The molecule has 4 rings (SSSR count). The molecule has 2 bridgehead atoms. The molecule has 0 radical (unpaired) electrons. The molecule has 3 heterocycles. The third-order valence-corrected chi connectivity index (χ3v) is 7.26. The fraction of sp³-hybridized carbons (Fsp3) is 0.421. The van der Waals surface area contributed by atoms with Crippen molar-refractivity contribution in [2.45, 2.75) is 30.4 Å². The fourth-order valence-corrected chi connectivity index (χ4v) is 5.78. The van der Waals surface area contributed by atoms with Gasteiger partial charge in [0.2, 0.25) is 10.0 Å². The van der Waals surface area contributed by atoms with E-state index >= 15 is 0 Å². The molecular formula is C19H20F2N2O5S. The first-order valence-electron chi connectivity index (χ1n) is 9.12. The van der Waals surface area contributed by atoms with Crippen molar-refractivity contribution < 1.29 is 26.7 Å². The maximum Gasteiger partial charge on any atom is 0.387 e. The second kappa shape index (κ2) is 7.42. The molecular weight excluding hydrogens is 406 g/mol. The van der Waals surface area contributed by atoms with E-state index < -0.39 is 16.6 Å². The van der Waals surface area contributed by atoms with E-state index in [1.165, 1.54) is 29.6 Å². The minimum atomic E-state index is -3.93. The van der Waals surface area contributed by atoms with Crippen LogP contribution in [0, 0.1) is 5.92 Å². The number of rotatable bonds is 5. The van der Waals surface area contributed by atoms with Gasteiger partial charge < -0.3 is 14.0 Å². The zero-order valence-electron chi connectivity index (χ0n) is 15.6. The summed E-state index contributed by atoms with van der Waals surface area (Å²) in [6.45, 7) is -2.17. The van der Waals surface area contributed by atoms with Crippen molar-refractivity contribution in [1.29, 1.82) is 0 Å². The van der Waals surface area contributed by atoms with E-state index in [1.54, 1.807) is 10.6 Å². The van der Waals surface area contributed by atoms with Gasteiger partial charge in [0.25, 0.3) is 5.56 Å². The molecule has 2 aromatic rings. The van der Waals surface area contributed by atoms with Gasteiger partial charge in [0.1, 0.15) is 0 Å². The number of pyridine rings is 1. The van der Waals surface area contributed by atoms with Crippen LogP contribution in [0.1, 0.15) is 18.0 Å². The molecule has 1 fully saturated rings. The third kappa shape index (κ3) is 3.62. The molecule has 2 aliphatic rings. The van der Waals surface area contributed by atoms with Crippen molar-refractivity contribution in [3.63, 3.8) is 0 Å². The zero-order chi connectivity index (χ0) is 20.8. The van der Waals surface area contributed by atoms with Gasteiger partial charge in [-0.1, -0.05) is 6.07 Å². The number of halogens is 2. The first kappa shape index (κ1) is 19.8. The minimum Gasteiger partial charge on any atom is -0.493 e. The molecule has 0 N–H and O–H groups in total. The van der Waals surface area contributed by atoms with Crippen LogP contribution in [-0.2, 0) is 16.6 Å². The molecule has 1 saturated heterocycles. The maximum absolute atomic E-state index is 13.2. The lowest BCUT2D eigenvalue weighted by Gasteiger charge is -2.42. The van der Waals surface area contributed by atoms with Crippen LogP contribution >= 0.6 is 0 Å². The van der Waals surface area contributed by atoms with Gasteiger partial charge in [0.15, 0.2) is 11.5 Å². The number of piperidine rings is 1. The lowest BCUT2D eigenvalue weighted by Crippen LogP contribution is -2.49. The third-order valence-electron chi connectivity index (χ3n) is 5.44. The number of benzene rings is 1. The number of ether oxygens (including phenoxy) is 2. The van der Waals surface area contributed by atoms with Crippen LogP contribution in [0.4, 0.5) is 8.78 Å². The van der Waals surface area contributed by atoms with Gasteiger partial charge in [-0.2, -0.15) is 13.1 Å². The van der Waals surface area contributed by atoms with Crippen molar-refractivity contribution in [3.05, 3.63) is 52.4 Å². The standard InChI is InChI=1S/C19H20F2N2O5S/c1-27-16-6-5-14(8-17(16)28-19(20)21)29(25,26)22-9-12-7-13(11-22)15-3-2-4-18(24)23(15)10-12/h2-6,8,12-13,19H,7,9-11H2,1H3. The van der Waals surface area contributed by atoms with Crippen LogP contribution in [0.5, 0.6) is 11.5 Å². The molecule has 2 unspecified atom stereocenters. The van der Waals surface area contributed by atoms with Crippen LogP contribution in [0.25, 0.3) is 0 Å². The van der Waals surface area contributed by atoms with Crippen LogP contribution in [0.3, 0.4) is 0 Å². The summed E-state index contributed by atoms with van der Waals surface area (Å²) in [4.78, 5) is 12.0. The van der Waals surface area contributed by atoms with Crippen molar-refractivity contribution >= 4 is 10.0 Å². The van der Waals surface area contributed by atoms with E-state index in [2.05, 4.69) is 4.74 Å². The molecule has 0 spiro atoms. The average Bonchev–Trinajstić information content (AvgIpc) is 2.68. The Bertz CT molecular complexity index is 1090. The number of nitrogens with zero attached hydrogens (tertiary/aromatic N) is 2. The summed E-state index contributed by atoms with van der Waals surface area (Å²) in [5.41, 5.74) is 0.738. The van der Waals surface area contributed by atoms with Gasteiger partial charge in [-0.3, -0.25) is 4.79 Å². The Morgan fingerprint density at radius 3 is 2.62 bits per heavy atom. The molecule has 29 heavy (non-hydrogen) atoms.